The molecule has 0 fully saturated rings. The predicted octanol–water partition coefficient (Wildman–Crippen LogP) is 2.91. The molecule has 0 unspecified atom stereocenters. The molecule has 0 amide bonds. The van der Waals surface area contributed by atoms with E-state index in [0.29, 0.717) is 10.9 Å². The molecule has 0 bridgehead atoms. The minimum Gasteiger partial charge on any atom is -0.357 e. The number of benzene rings is 1. The minimum atomic E-state index is -0.809. The van der Waals surface area contributed by atoms with E-state index in [4.69, 9.17) is 0 Å². The summed E-state index contributed by atoms with van der Waals surface area (Å²) >= 11 is 0. The summed E-state index contributed by atoms with van der Waals surface area (Å²) in [5.41, 5.74) is 1.35. The number of nitrogens with one attached hydrogen (secondary N) is 1. The number of fused-ring (bicyclic) bond motifs is 3. The van der Waals surface area contributed by atoms with Crippen LogP contribution < -0.4 is 4.90 Å². The molecule has 16 heavy (non-hydrogen) atoms. The van der Waals surface area contributed by atoms with Gasteiger partial charge in [-0.25, -0.2) is 8.78 Å². The van der Waals surface area contributed by atoms with E-state index < -0.39 is 11.6 Å². The number of halogens is 2. The van der Waals surface area contributed by atoms with E-state index in [9.17, 15) is 8.78 Å². The quantitative estimate of drug-likeness (QED) is 0.723. The molecular weight excluding hydrogens is 210 g/mol. The second-order valence-corrected chi connectivity index (χ2v) is 3.95. The third-order valence-electron chi connectivity index (χ3n) is 2.92. The smallest absolute Gasteiger partial charge is 0.168 e. The van der Waals surface area contributed by atoms with E-state index in [-0.39, 0.29) is 0 Å². The average Bonchev–Trinajstić information content (AvgIpc) is 2.64. The standard InChI is InChI=1S/C12H10F2N2/c1-16-6-2-3-7-10-9(15-12(7)16)5-4-8(13)11(10)14/h2-5,15H,6H2,1H3. The van der Waals surface area contributed by atoms with E-state index in [1.54, 1.807) is 6.07 Å². The van der Waals surface area contributed by atoms with Crippen molar-refractivity contribution < 1.29 is 8.78 Å². The summed E-state index contributed by atoms with van der Waals surface area (Å²) in [4.78, 5) is 5.07. The average molecular weight is 220 g/mol. The van der Waals surface area contributed by atoms with Gasteiger partial charge in [-0.15, -0.1) is 0 Å². The van der Waals surface area contributed by atoms with Crippen molar-refractivity contribution in [2.75, 3.05) is 18.5 Å². The van der Waals surface area contributed by atoms with E-state index in [1.807, 2.05) is 24.1 Å². The summed E-state index contributed by atoms with van der Waals surface area (Å²) in [6, 6.07) is 2.71. The van der Waals surface area contributed by atoms with Crippen molar-refractivity contribution in [1.29, 1.82) is 0 Å². The zero-order valence-corrected chi connectivity index (χ0v) is 8.72. The molecule has 3 rings (SSSR count). The predicted molar refractivity (Wildman–Crippen MR) is 60.5 cm³/mol. The van der Waals surface area contributed by atoms with Crippen molar-refractivity contribution in [2.24, 2.45) is 0 Å². The number of aromatic amines is 1. The topological polar surface area (TPSA) is 19.0 Å². The molecule has 82 valence electrons. The van der Waals surface area contributed by atoms with Gasteiger partial charge in [0.15, 0.2) is 11.6 Å². The van der Waals surface area contributed by atoms with Crippen molar-refractivity contribution in [1.82, 2.24) is 4.98 Å². The van der Waals surface area contributed by atoms with Crippen LogP contribution in [0.3, 0.4) is 0 Å². The maximum Gasteiger partial charge on any atom is 0.168 e. The van der Waals surface area contributed by atoms with Gasteiger partial charge in [-0.3, -0.25) is 0 Å². The van der Waals surface area contributed by atoms with Gasteiger partial charge in [-0.05, 0) is 12.1 Å². The van der Waals surface area contributed by atoms with Gasteiger partial charge in [0.1, 0.15) is 5.82 Å². The molecule has 4 heteroatoms. The van der Waals surface area contributed by atoms with Crippen LogP contribution in [0.25, 0.3) is 17.0 Å². The summed E-state index contributed by atoms with van der Waals surface area (Å²) in [5, 5.41) is 0.331. The molecule has 2 heterocycles. The Hall–Kier alpha value is -1.84. The summed E-state index contributed by atoms with van der Waals surface area (Å²) in [7, 11) is 1.91. The molecule has 1 aliphatic rings. The first-order chi connectivity index (χ1) is 7.68. The third kappa shape index (κ3) is 1.10. The summed E-state index contributed by atoms with van der Waals surface area (Å²) in [6.07, 6.45) is 3.76. The van der Waals surface area contributed by atoms with Crippen LogP contribution in [0.5, 0.6) is 0 Å². The van der Waals surface area contributed by atoms with E-state index in [2.05, 4.69) is 4.98 Å². The van der Waals surface area contributed by atoms with Crippen molar-refractivity contribution in [3.05, 3.63) is 35.4 Å². The molecule has 0 aliphatic carbocycles. The van der Waals surface area contributed by atoms with Gasteiger partial charge < -0.3 is 9.88 Å². The SMILES string of the molecule is CN1CC=Cc2c1[nH]c1ccc(F)c(F)c21. The Bertz CT molecular complexity index is 599. The highest BCUT2D eigenvalue weighted by Gasteiger charge is 2.19. The Morgan fingerprint density at radius 1 is 1.31 bits per heavy atom. The first-order valence-electron chi connectivity index (χ1n) is 5.06. The Morgan fingerprint density at radius 3 is 2.94 bits per heavy atom. The fourth-order valence-corrected chi connectivity index (χ4v) is 2.11. The van der Waals surface area contributed by atoms with Gasteiger partial charge in [-0.1, -0.05) is 12.2 Å². The molecule has 0 radical (unpaired) electrons. The number of likely N-dealkylation sites (N-methyl/N-ethyl adjacent to an activating group) is 1. The number of aromatic nitrogens is 1. The molecule has 2 nitrogen and oxygen atoms in total. The minimum absolute atomic E-state index is 0.331. The van der Waals surface area contributed by atoms with Gasteiger partial charge >= 0.3 is 0 Å². The Balaban J connectivity index is 2.43. The lowest BCUT2D eigenvalue weighted by Gasteiger charge is -2.19. The summed E-state index contributed by atoms with van der Waals surface area (Å²) < 4.78 is 26.9. The molecule has 0 spiro atoms. The van der Waals surface area contributed by atoms with Crippen molar-refractivity contribution in [3.63, 3.8) is 0 Å². The number of hydrogen-bond acceptors (Lipinski definition) is 1. The fourth-order valence-electron chi connectivity index (χ4n) is 2.11. The van der Waals surface area contributed by atoms with E-state index >= 15 is 0 Å². The molecule has 0 saturated heterocycles. The lowest BCUT2D eigenvalue weighted by molar-refractivity contribution is 0.517. The fraction of sp³-hybridized carbons (Fsp3) is 0.167. The first-order valence-corrected chi connectivity index (χ1v) is 5.06. The number of H-pyrrole nitrogens is 1. The van der Waals surface area contributed by atoms with Gasteiger partial charge in [0.25, 0.3) is 0 Å². The van der Waals surface area contributed by atoms with Gasteiger partial charge in [0.2, 0.25) is 0 Å². The zero-order valence-electron chi connectivity index (χ0n) is 8.72. The Labute approximate surface area is 91.2 Å². The Morgan fingerprint density at radius 2 is 2.12 bits per heavy atom. The number of rotatable bonds is 0. The lowest BCUT2D eigenvalue weighted by Crippen LogP contribution is -2.20. The highest BCUT2D eigenvalue weighted by molar-refractivity contribution is 5.96. The van der Waals surface area contributed by atoms with Gasteiger partial charge in [0, 0.05) is 24.5 Å². The van der Waals surface area contributed by atoms with Gasteiger partial charge in [-0.2, -0.15) is 0 Å². The van der Waals surface area contributed by atoms with E-state index in [1.165, 1.54) is 0 Å². The summed E-state index contributed by atoms with van der Waals surface area (Å²) in [5.74, 6) is -0.757. The van der Waals surface area contributed by atoms with Crippen LogP contribution in [0.1, 0.15) is 5.56 Å². The molecule has 1 N–H and O–H groups in total. The highest BCUT2D eigenvalue weighted by atomic mass is 19.2. The van der Waals surface area contributed by atoms with Crippen LogP contribution in [0.2, 0.25) is 0 Å². The third-order valence-corrected chi connectivity index (χ3v) is 2.92. The molecule has 0 atom stereocenters. The number of nitrogens with zero attached hydrogens (tertiary/aromatic N) is 1. The van der Waals surface area contributed by atoms with Crippen molar-refractivity contribution in [2.45, 2.75) is 0 Å². The maximum absolute atomic E-state index is 13.7. The van der Waals surface area contributed by atoms with E-state index in [0.717, 1.165) is 24.0 Å². The normalized spacial score (nSPS) is 14.6. The molecule has 1 aliphatic heterocycles. The number of hydrogen-bond donors (Lipinski definition) is 1. The Kier molecular flexibility index (Phi) is 1.80. The van der Waals surface area contributed by atoms with Crippen molar-refractivity contribution >= 4 is 22.8 Å². The second kappa shape index (κ2) is 3.07. The van der Waals surface area contributed by atoms with Crippen molar-refractivity contribution in [3.8, 4) is 0 Å². The largest absolute Gasteiger partial charge is 0.357 e. The van der Waals surface area contributed by atoms with Crippen LogP contribution in [0, 0.1) is 11.6 Å². The van der Waals surface area contributed by atoms with Crippen LogP contribution in [-0.2, 0) is 0 Å². The second-order valence-electron chi connectivity index (χ2n) is 3.95. The highest BCUT2D eigenvalue weighted by Crippen LogP contribution is 2.34. The zero-order chi connectivity index (χ0) is 11.3. The molecule has 0 saturated carbocycles. The molecule has 2 aromatic rings. The van der Waals surface area contributed by atoms with Crippen LogP contribution in [0.15, 0.2) is 18.2 Å². The number of anilines is 1. The van der Waals surface area contributed by atoms with Crippen LogP contribution in [0.4, 0.5) is 14.6 Å². The van der Waals surface area contributed by atoms with Gasteiger partial charge in [0.05, 0.1) is 5.52 Å². The van der Waals surface area contributed by atoms with Crippen LogP contribution in [-0.4, -0.2) is 18.6 Å². The summed E-state index contributed by atoms with van der Waals surface area (Å²) in [6.45, 7) is 0.768. The lowest BCUT2D eigenvalue weighted by atomic mass is 10.1. The molecule has 1 aromatic carbocycles. The van der Waals surface area contributed by atoms with Crippen LogP contribution >= 0.6 is 0 Å². The first kappa shape index (κ1) is 9.39. The molecular formula is C12H10F2N2. The maximum atomic E-state index is 13.7. The monoisotopic (exact) mass is 220 g/mol. The molecule has 1 aromatic heterocycles.